The zero-order chi connectivity index (χ0) is 44.2. The fraction of sp³-hybridized carbons (Fsp3) is 0.256. The predicted molar refractivity (Wildman–Crippen MR) is 249 cm³/mol. The molecule has 16 nitrogen and oxygen atoms in total. The van der Waals surface area contributed by atoms with Gasteiger partial charge in [0.25, 0.3) is 26.0 Å². The number of rotatable bonds is 11. The number of hydrogen-bond donors (Lipinski definition) is 4. The molecule has 0 aliphatic heterocycles. The lowest BCUT2D eigenvalue weighted by Gasteiger charge is -2.19. The number of benzene rings is 4. The molecule has 0 unspecified atom stereocenters. The number of ether oxygens (including phenoxy) is 1. The van der Waals surface area contributed by atoms with Crippen molar-refractivity contribution in [3.05, 3.63) is 142 Å². The van der Waals surface area contributed by atoms with E-state index in [4.69, 9.17) is 33.7 Å². The number of hydrogen-bond acceptors (Lipinski definition) is 10. The number of carbonyl (C=O) groups excluding carboxylic acids is 2. The zero-order valence-electron chi connectivity index (χ0n) is 35.1. The van der Waals surface area contributed by atoms with Crippen LogP contribution in [0, 0.1) is 0 Å². The van der Waals surface area contributed by atoms with Crippen molar-refractivity contribution in [2.75, 3.05) is 16.1 Å². The van der Waals surface area contributed by atoms with Crippen LogP contribution >= 0.6 is 23.2 Å². The number of halogens is 2. The van der Waals surface area contributed by atoms with Crippen LogP contribution in [-0.2, 0) is 35.6 Å². The summed E-state index contributed by atoms with van der Waals surface area (Å²) in [5, 5.41) is 9.00. The van der Waals surface area contributed by atoms with Gasteiger partial charge in [0.1, 0.15) is 0 Å². The van der Waals surface area contributed by atoms with Crippen molar-refractivity contribution in [2.45, 2.75) is 76.5 Å². The average molecular weight is 946 g/mol. The van der Waals surface area contributed by atoms with E-state index >= 15 is 0 Å². The fourth-order valence-electron chi connectivity index (χ4n) is 5.59. The second kappa shape index (κ2) is 21.1. The minimum Gasteiger partial charge on any atom is -0.462 e. The van der Waals surface area contributed by atoms with Crippen LogP contribution in [-0.4, -0.2) is 60.4 Å². The molecule has 0 aliphatic carbocycles. The summed E-state index contributed by atoms with van der Waals surface area (Å²) in [6.45, 7) is 14.3. The molecule has 9 N–H and O–H groups in total. The number of anilines is 2. The standard InChI is InChI=1S/C22H24ClN3O4S.C20H21ClN4O3S.CH4.H3N.H2O/c1-5-30-21(27)15-13-24-26(14-15)20-12-17(23)8-11-19(20)25-31(28,29)18-9-6-16(7-10-18)22(2,3)4;1-20(2,3)14-4-7-16(8-5-14)29(27,28)24-17-9-6-15(21)10-18(17)25-12-13(11-23-25)19(22)26;;;/h6-14,25H,5H2,1-4H3;4-12,24H,1-3H3,(H2,22,26);1H4;1H3;1H2. The molecule has 20 heteroatoms. The van der Waals surface area contributed by atoms with Crippen LogP contribution in [0.5, 0.6) is 0 Å². The van der Waals surface area contributed by atoms with E-state index in [1.165, 1.54) is 40.2 Å². The number of sulfonamides is 2. The molecule has 6 rings (SSSR count). The summed E-state index contributed by atoms with van der Waals surface area (Å²) in [6.07, 6.45) is 5.51. The lowest BCUT2D eigenvalue weighted by atomic mass is 9.87. The normalized spacial score (nSPS) is 11.4. The topological polar surface area (TPSA) is 264 Å². The third-order valence-electron chi connectivity index (χ3n) is 8.92. The van der Waals surface area contributed by atoms with Gasteiger partial charge in [-0.25, -0.2) is 31.0 Å². The second-order valence-corrected chi connectivity index (χ2v) is 19.8. The summed E-state index contributed by atoms with van der Waals surface area (Å²) >= 11 is 12.2. The highest BCUT2D eigenvalue weighted by Gasteiger charge is 2.22. The smallest absolute Gasteiger partial charge is 0.341 e. The largest absolute Gasteiger partial charge is 0.462 e. The van der Waals surface area contributed by atoms with Gasteiger partial charge in [0, 0.05) is 22.4 Å². The first-order valence-electron chi connectivity index (χ1n) is 18.4. The van der Waals surface area contributed by atoms with E-state index in [2.05, 4.69) is 61.2 Å². The molecule has 0 saturated heterocycles. The minimum atomic E-state index is -3.86. The summed E-state index contributed by atoms with van der Waals surface area (Å²) < 4.78 is 64.6. The van der Waals surface area contributed by atoms with E-state index < -0.39 is 31.9 Å². The second-order valence-electron chi connectivity index (χ2n) is 15.5. The van der Waals surface area contributed by atoms with Gasteiger partial charge >= 0.3 is 5.97 Å². The monoisotopic (exact) mass is 944 g/mol. The fourth-order valence-corrected chi connectivity index (χ4v) is 8.07. The summed E-state index contributed by atoms with van der Waals surface area (Å²) in [5.74, 6) is -1.16. The maximum atomic E-state index is 13.0. The van der Waals surface area contributed by atoms with Crippen molar-refractivity contribution in [3.8, 4) is 11.4 Å². The van der Waals surface area contributed by atoms with Crippen LogP contribution in [0.15, 0.2) is 120 Å². The highest BCUT2D eigenvalue weighted by molar-refractivity contribution is 7.93. The Morgan fingerprint density at radius 3 is 1.37 bits per heavy atom. The molecular formula is C43H54Cl2N8O8S2. The number of nitrogens with one attached hydrogen (secondary N) is 2. The molecule has 2 aromatic heterocycles. The minimum absolute atomic E-state index is 0. The summed E-state index contributed by atoms with van der Waals surface area (Å²) in [7, 11) is -7.72. The summed E-state index contributed by atoms with van der Waals surface area (Å²) in [4.78, 5) is 23.5. The molecule has 0 radical (unpaired) electrons. The lowest BCUT2D eigenvalue weighted by molar-refractivity contribution is 0.0526. The van der Waals surface area contributed by atoms with Crippen LogP contribution in [0.2, 0.25) is 10.0 Å². The van der Waals surface area contributed by atoms with Gasteiger partial charge in [0.15, 0.2) is 0 Å². The number of aromatic nitrogens is 4. The van der Waals surface area contributed by atoms with Gasteiger partial charge in [-0.2, -0.15) is 10.2 Å². The van der Waals surface area contributed by atoms with Crippen molar-refractivity contribution < 1.29 is 36.6 Å². The van der Waals surface area contributed by atoms with Crippen LogP contribution in [0.3, 0.4) is 0 Å². The van der Waals surface area contributed by atoms with Gasteiger partial charge in [0.2, 0.25) is 0 Å². The van der Waals surface area contributed by atoms with Crippen LogP contribution in [0.1, 0.15) is 87.7 Å². The SMILES string of the molecule is C.CC(C)(C)c1ccc(S(=O)(=O)Nc2ccc(Cl)cc2-n2cc(C(N)=O)cn2)cc1.CCOC(=O)c1cnn(-c2cc(Cl)ccc2NS(=O)(=O)c2ccc(C(C)(C)C)cc2)c1.N.O. The Kier molecular flexibility index (Phi) is 17.9. The Balaban J connectivity index is 0.000000415. The molecule has 2 heterocycles. The predicted octanol–water partition coefficient (Wildman–Crippen LogP) is 8.50. The van der Waals surface area contributed by atoms with E-state index in [9.17, 15) is 26.4 Å². The van der Waals surface area contributed by atoms with Crippen LogP contribution in [0.25, 0.3) is 11.4 Å². The molecule has 0 atom stereocenters. The first-order chi connectivity index (χ1) is 28.0. The van der Waals surface area contributed by atoms with E-state index in [0.29, 0.717) is 21.4 Å². The molecule has 340 valence electrons. The van der Waals surface area contributed by atoms with Crippen molar-refractivity contribution >= 4 is 66.5 Å². The van der Waals surface area contributed by atoms with Crippen molar-refractivity contribution in [3.63, 3.8) is 0 Å². The number of carbonyl (C=O) groups is 2. The van der Waals surface area contributed by atoms with Crippen molar-refractivity contribution in [1.29, 1.82) is 0 Å². The van der Waals surface area contributed by atoms with Crippen LogP contribution < -0.4 is 21.3 Å². The van der Waals surface area contributed by atoms with E-state index in [-0.39, 0.29) is 68.8 Å². The van der Waals surface area contributed by atoms with Gasteiger partial charge in [-0.15, -0.1) is 0 Å². The maximum Gasteiger partial charge on any atom is 0.341 e. The molecule has 0 aliphatic rings. The molecule has 0 fully saturated rings. The van der Waals surface area contributed by atoms with Crippen molar-refractivity contribution in [2.24, 2.45) is 5.73 Å². The van der Waals surface area contributed by atoms with Gasteiger partial charge in [-0.1, -0.05) is 96.4 Å². The number of primary amides is 1. The zero-order valence-corrected chi connectivity index (χ0v) is 38.2. The Morgan fingerprint density at radius 1 is 0.667 bits per heavy atom. The molecule has 0 saturated carbocycles. The first kappa shape index (κ1) is 53.4. The Morgan fingerprint density at radius 2 is 1.03 bits per heavy atom. The molecule has 0 bridgehead atoms. The van der Waals surface area contributed by atoms with Gasteiger partial charge in [0.05, 0.1) is 62.7 Å². The highest BCUT2D eigenvalue weighted by Crippen LogP contribution is 2.30. The Hall–Kier alpha value is -5.76. The molecule has 0 spiro atoms. The van der Waals surface area contributed by atoms with E-state index in [0.717, 1.165) is 11.1 Å². The molecule has 63 heavy (non-hydrogen) atoms. The summed E-state index contributed by atoms with van der Waals surface area (Å²) in [6, 6.07) is 22.8. The lowest BCUT2D eigenvalue weighted by Crippen LogP contribution is -2.16. The van der Waals surface area contributed by atoms with Crippen LogP contribution in [0.4, 0.5) is 11.4 Å². The summed E-state index contributed by atoms with van der Waals surface area (Å²) in [5.41, 5.74) is 8.84. The van der Waals surface area contributed by atoms with E-state index in [1.807, 2.05) is 0 Å². The average Bonchev–Trinajstić information content (AvgIpc) is 3.88. The Labute approximate surface area is 378 Å². The quantitative estimate of drug-likeness (QED) is 0.0900. The molecule has 6 aromatic rings. The number of nitrogens with two attached hydrogens (primary N) is 1. The molecular weight excluding hydrogens is 892 g/mol. The Bertz CT molecular complexity index is 2740. The first-order valence-corrected chi connectivity index (χ1v) is 22.1. The highest BCUT2D eigenvalue weighted by atomic mass is 35.5. The van der Waals surface area contributed by atoms with Gasteiger partial charge < -0.3 is 22.1 Å². The van der Waals surface area contributed by atoms with Gasteiger partial charge in [-0.05, 0) is 89.5 Å². The maximum absolute atomic E-state index is 13.0. The number of esters is 1. The third-order valence-corrected chi connectivity index (χ3v) is 12.2. The van der Waals surface area contributed by atoms with Crippen molar-refractivity contribution in [1.82, 2.24) is 25.7 Å². The van der Waals surface area contributed by atoms with E-state index in [1.54, 1.807) is 85.8 Å². The molecule has 1 amide bonds. The third kappa shape index (κ3) is 13.4. The number of amides is 1. The molecule has 4 aromatic carbocycles. The number of nitrogens with zero attached hydrogens (tertiary/aromatic N) is 4. The van der Waals surface area contributed by atoms with Gasteiger partial charge in [-0.3, -0.25) is 14.2 Å².